The number of para-hydroxylation sites is 1. The molecule has 0 spiro atoms. The number of aryl methyl sites for hydroxylation is 1. The molecular formula is C29H31N3O6S. The first kappa shape index (κ1) is 27.9. The first-order valence-electron chi connectivity index (χ1n) is 12.5. The maximum atomic E-state index is 13.4. The van der Waals surface area contributed by atoms with Crippen molar-refractivity contribution in [1.29, 1.82) is 0 Å². The standard InChI is InChI=1S/C29H31N3O6S/c1-4-36-28(33)20-32(39(34,35)31(3)25-13-9-6-10-14-25)19-23-15-17-26(18-16-23)37-21-27-22(2)38-29(30-27)24-11-7-5-8-12-24/h5-18H,4,19-21H2,1-3H3. The Kier molecular flexibility index (Phi) is 9.00. The van der Waals surface area contributed by atoms with Crippen LogP contribution in [0.25, 0.3) is 11.5 Å². The van der Waals surface area contributed by atoms with E-state index in [1.807, 2.05) is 37.3 Å². The zero-order valence-electron chi connectivity index (χ0n) is 22.1. The van der Waals surface area contributed by atoms with Gasteiger partial charge in [-0.25, -0.2) is 4.98 Å². The lowest BCUT2D eigenvalue weighted by atomic mass is 10.2. The third kappa shape index (κ3) is 7.04. The van der Waals surface area contributed by atoms with Crippen LogP contribution in [-0.2, 0) is 32.9 Å². The summed E-state index contributed by atoms with van der Waals surface area (Å²) < 4.78 is 45.8. The van der Waals surface area contributed by atoms with Crippen molar-refractivity contribution in [1.82, 2.24) is 9.29 Å². The van der Waals surface area contributed by atoms with Gasteiger partial charge in [0.1, 0.15) is 30.4 Å². The van der Waals surface area contributed by atoms with E-state index < -0.39 is 22.7 Å². The Morgan fingerprint density at radius 3 is 2.23 bits per heavy atom. The van der Waals surface area contributed by atoms with E-state index in [1.54, 1.807) is 61.5 Å². The maximum Gasteiger partial charge on any atom is 0.321 e. The summed E-state index contributed by atoms with van der Waals surface area (Å²) in [6.07, 6.45) is 0. The predicted octanol–water partition coefficient (Wildman–Crippen LogP) is 4.98. The molecule has 0 aliphatic rings. The van der Waals surface area contributed by atoms with E-state index in [1.165, 1.54) is 7.05 Å². The van der Waals surface area contributed by atoms with E-state index in [4.69, 9.17) is 13.9 Å². The van der Waals surface area contributed by atoms with Gasteiger partial charge in [0.25, 0.3) is 0 Å². The van der Waals surface area contributed by atoms with Crippen molar-refractivity contribution in [3.05, 3.63) is 102 Å². The average Bonchev–Trinajstić information content (AvgIpc) is 3.33. The number of benzene rings is 3. The molecule has 0 saturated heterocycles. The van der Waals surface area contributed by atoms with E-state index in [2.05, 4.69) is 4.98 Å². The number of oxazole rings is 1. The molecule has 0 amide bonds. The highest BCUT2D eigenvalue weighted by Gasteiger charge is 2.30. The highest BCUT2D eigenvalue weighted by molar-refractivity contribution is 7.90. The highest BCUT2D eigenvalue weighted by Crippen LogP contribution is 2.24. The van der Waals surface area contributed by atoms with Gasteiger partial charge in [0, 0.05) is 19.2 Å². The molecule has 1 heterocycles. The molecule has 0 aliphatic carbocycles. The molecule has 39 heavy (non-hydrogen) atoms. The fourth-order valence-corrected chi connectivity index (χ4v) is 5.14. The lowest BCUT2D eigenvalue weighted by molar-refractivity contribution is -0.143. The molecular weight excluding hydrogens is 518 g/mol. The van der Waals surface area contributed by atoms with Crippen molar-refractivity contribution in [2.75, 3.05) is 24.5 Å². The Balaban J connectivity index is 1.45. The topological polar surface area (TPSA) is 102 Å². The van der Waals surface area contributed by atoms with Gasteiger partial charge in [-0.2, -0.15) is 12.7 Å². The number of ether oxygens (including phenoxy) is 2. The highest BCUT2D eigenvalue weighted by atomic mass is 32.2. The quantitative estimate of drug-likeness (QED) is 0.230. The smallest absolute Gasteiger partial charge is 0.321 e. The van der Waals surface area contributed by atoms with Gasteiger partial charge in [-0.1, -0.05) is 48.5 Å². The number of hydrogen-bond donors (Lipinski definition) is 0. The van der Waals surface area contributed by atoms with Crippen LogP contribution in [-0.4, -0.2) is 43.9 Å². The number of rotatable bonds is 12. The van der Waals surface area contributed by atoms with Crippen molar-refractivity contribution in [3.63, 3.8) is 0 Å². The van der Waals surface area contributed by atoms with E-state index in [0.717, 1.165) is 14.2 Å². The van der Waals surface area contributed by atoms with E-state index in [0.29, 0.717) is 34.3 Å². The lowest BCUT2D eigenvalue weighted by Gasteiger charge is -2.28. The molecule has 0 fully saturated rings. The Labute approximate surface area is 228 Å². The minimum Gasteiger partial charge on any atom is -0.487 e. The van der Waals surface area contributed by atoms with Gasteiger partial charge in [0.2, 0.25) is 5.89 Å². The first-order chi connectivity index (χ1) is 18.8. The van der Waals surface area contributed by atoms with Gasteiger partial charge in [-0.3, -0.25) is 9.10 Å². The average molecular weight is 550 g/mol. The largest absolute Gasteiger partial charge is 0.487 e. The van der Waals surface area contributed by atoms with Crippen LogP contribution in [0.1, 0.15) is 23.9 Å². The van der Waals surface area contributed by atoms with Crippen molar-refractivity contribution in [3.8, 4) is 17.2 Å². The van der Waals surface area contributed by atoms with Crippen LogP contribution >= 0.6 is 0 Å². The van der Waals surface area contributed by atoms with Crippen LogP contribution in [0.15, 0.2) is 89.3 Å². The minimum absolute atomic E-state index is 0.0264. The van der Waals surface area contributed by atoms with Gasteiger partial charge in [0.05, 0.1) is 12.3 Å². The second-order valence-corrected chi connectivity index (χ2v) is 10.7. The number of esters is 1. The maximum absolute atomic E-state index is 13.4. The summed E-state index contributed by atoms with van der Waals surface area (Å²) >= 11 is 0. The summed E-state index contributed by atoms with van der Waals surface area (Å²) in [5.41, 5.74) is 2.74. The lowest BCUT2D eigenvalue weighted by Crippen LogP contribution is -2.44. The van der Waals surface area contributed by atoms with Crippen LogP contribution in [0.5, 0.6) is 5.75 Å². The van der Waals surface area contributed by atoms with Crippen LogP contribution in [0.2, 0.25) is 0 Å². The number of hydrogen-bond acceptors (Lipinski definition) is 7. The number of carbonyl (C=O) groups excluding carboxylic acids is 1. The van der Waals surface area contributed by atoms with Gasteiger partial charge >= 0.3 is 16.2 Å². The zero-order chi connectivity index (χ0) is 27.8. The molecule has 0 saturated carbocycles. The van der Waals surface area contributed by atoms with Gasteiger partial charge in [0.15, 0.2) is 0 Å². The van der Waals surface area contributed by atoms with Crippen LogP contribution in [0.4, 0.5) is 5.69 Å². The fourth-order valence-electron chi connectivity index (χ4n) is 3.83. The van der Waals surface area contributed by atoms with Gasteiger partial charge < -0.3 is 13.9 Å². The number of anilines is 1. The summed E-state index contributed by atoms with van der Waals surface area (Å²) in [5.74, 6) is 1.17. The number of nitrogens with zero attached hydrogens (tertiary/aromatic N) is 3. The molecule has 0 unspecified atom stereocenters. The molecule has 0 bridgehead atoms. The summed E-state index contributed by atoms with van der Waals surface area (Å²) in [7, 11) is -2.58. The first-order valence-corrected chi connectivity index (χ1v) is 13.9. The molecule has 4 aromatic rings. The summed E-state index contributed by atoms with van der Waals surface area (Å²) in [6.45, 7) is 3.45. The molecule has 0 radical (unpaired) electrons. The van der Waals surface area contributed by atoms with Crippen molar-refractivity contribution < 1.29 is 27.1 Å². The van der Waals surface area contributed by atoms with E-state index >= 15 is 0 Å². The Morgan fingerprint density at radius 1 is 0.949 bits per heavy atom. The second-order valence-electron chi connectivity index (χ2n) is 8.70. The van der Waals surface area contributed by atoms with Crippen molar-refractivity contribution in [2.24, 2.45) is 0 Å². The van der Waals surface area contributed by atoms with Crippen LogP contribution in [0, 0.1) is 6.92 Å². The van der Waals surface area contributed by atoms with Gasteiger partial charge in [-0.05, 0) is 55.8 Å². The van der Waals surface area contributed by atoms with Crippen molar-refractivity contribution in [2.45, 2.75) is 27.0 Å². The van der Waals surface area contributed by atoms with Crippen LogP contribution < -0.4 is 9.04 Å². The van der Waals surface area contributed by atoms with Crippen molar-refractivity contribution >= 4 is 21.9 Å². The summed E-state index contributed by atoms with van der Waals surface area (Å²) in [5, 5.41) is 0. The SMILES string of the molecule is CCOC(=O)CN(Cc1ccc(OCc2nc(-c3ccccc3)oc2C)cc1)S(=O)(=O)N(C)c1ccccc1. The Bertz CT molecular complexity index is 1470. The predicted molar refractivity (Wildman–Crippen MR) is 148 cm³/mol. The third-order valence-electron chi connectivity index (χ3n) is 5.97. The fraction of sp³-hybridized carbons (Fsp3) is 0.241. The molecule has 4 rings (SSSR count). The summed E-state index contributed by atoms with van der Waals surface area (Å²) in [4.78, 5) is 16.8. The summed E-state index contributed by atoms with van der Waals surface area (Å²) in [6, 6.07) is 25.3. The normalized spacial score (nSPS) is 11.4. The Hall–Kier alpha value is -4.15. The third-order valence-corrected chi connectivity index (χ3v) is 7.79. The number of aromatic nitrogens is 1. The molecule has 0 N–H and O–H groups in total. The van der Waals surface area contributed by atoms with E-state index in [-0.39, 0.29) is 19.8 Å². The second kappa shape index (κ2) is 12.6. The Morgan fingerprint density at radius 2 is 1.59 bits per heavy atom. The molecule has 3 aromatic carbocycles. The van der Waals surface area contributed by atoms with Gasteiger partial charge in [-0.15, -0.1) is 0 Å². The number of carbonyl (C=O) groups is 1. The molecule has 9 nitrogen and oxygen atoms in total. The molecule has 10 heteroatoms. The molecule has 204 valence electrons. The van der Waals surface area contributed by atoms with Crippen LogP contribution in [0.3, 0.4) is 0 Å². The zero-order valence-corrected chi connectivity index (χ0v) is 22.9. The molecule has 1 aromatic heterocycles. The molecule has 0 atom stereocenters. The molecule has 0 aliphatic heterocycles. The monoisotopic (exact) mass is 549 g/mol. The minimum atomic E-state index is -4.03. The van der Waals surface area contributed by atoms with E-state index in [9.17, 15) is 13.2 Å².